The second kappa shape index (κ2) is 10.6. The van der Waals surface area contributed by atoms with Gasteiger partial charge in [0.25, 0.3) is 0 Å². The van der Waals surface area contributed by atoms with Gasteiger partial charge in [-0.1, -0.05) is 0 Å². The number of aromatic nitrogens is 2. The molecule has 0 saturated carbocycles. The maximum Gasteiger partial charge on any atom is 0.164 e. The molecule has 3 aromatic rings. The van der Waals surface area contributed by atoms with Gasteiger partial charge in [0.15, 0.2) is 23.8 Å². The van der Waals surface area contributed by atoms with Crippen molar-refractivity contribution in [2.24, 2.45) is 0 Å². The summed E-state index contributed by atoms with van der Waals surface area (Å²) in [6.45, 7) is -1.82. The number of anilines is 2. The molecule has 0 unspecified atom stereocenters. The molecule has 0 fully saturated rings. The fraction of sp³-hybridized carbons (Fsp3) is 0.333. The van der Waals surface area contributed by atoms with Crippen molar-refractivity contribution in [3.63, 3.8) is 0 Å². The quantitative estimate of drug-likeness (QED) is 0.299. The molecule has 2 aromatic carbocycles. The van der Waals surface area contributed by atoms with E-state index in [1.54, 1.807) is 0 Å². The minimum absolute atomic E-state index is 0.00356. The van der Waals surface area contributed by atoms with Gasteiger partial charge in [0.2, 0.25) is 0 Å². The topological polar surface area (TPSA) is 137 Å². The van der Waals surface area contributed by atoms with Gasteiger partial charge in [0.1, 0.15) is 36.0 Å². The van der Waals surface area contributed by atoms with Gasteiger partial charge in [0.05, 0.1) is 25.8 Å². The van der Waals surface area contributed by atoms with Crippen LogP contribution in [0.5, 0.6) is 11.5 Å². The molecule has 5 N–H and O–H groups in total. The average Bonchev–Trinajstić information content (AvgIpc) is 2.80. The number of benzene rings is 2. The van der Waals surface area contributed by atoms with Crippen molar-refractivity contribution in [1.29, 1.82) is 0 Å². The summed E-state index contributed by atoms with van der Waals surface area (Å²) in [6.07, 6.45) is -6.31. The van der Waals surface area contributed by atoms with Gasteiger partial charge in [-0.15, -0.1) is 0 Å². The second-order valence-electron chi connectivity index (χ2n) is 7.04. The third kappa shape index (κ3) is 5.60. The Labute approximate surface area is 186 Å². The number of nitrogens with one attached hydrogen (secondary N) is 1. The van der Waals surface area contributed by atoms with E-state index in [2.05, 4.69) is 15.3 Å². The van der Waals surface area contributed by atoms with Crippen LogP contribution in [0.15, 0.2) is 36.7 Å². The summed E-state index contributed by atoms with van der Waals surface area (Å²) in [7, 11) is 1.31. The first-order chi connectivity index (χ1) is 15.8. The number of aliphatic hydroxyl groups excluding tert-OH is 4. The molecule has 0 radical (unpaired) electrons. The molecule has 0 aliphatic rings. The van der Waals surface area contributed by atoms with E-state index < -0.39 is 49.3 Å². The van der Waals surface area contributed by atoms with Crippen LogP contribution >= 0.6 is 0 Å². The van der Waals surface area contributed by atoms with Crippen LogP contribution in [0, 0.1) is 11.6 Å². The Balaban J connectivity index is 1.94. The number of hydrogen-bond donors (Lipinski definition) is 5. The van der Waals surface area contributed by atoms with Crippen LogP contribution in [0.3, 0.4) is 0 Å². The number of aliphatic hydroxyl groups is 4. The normalized spacial score (nSPS) is 15.0. The smallest absolute Gasteiger partial charge is 0.164 e. The van der Waals surface area contributed by atoms with E-state index in [1.807, 2.05) is 0 Å². The summed E-state index contributed by atoms with van der Waals surface area (Å²) in [5, 5.41) is 41.5. The molecule has 0 amide bonds. The maximum absolute atomic E-state index is 13.5. The van der Waals surface area contributed by atoms with E-state index in [4.69, 9.17) is 14.6 Å². The zero-order valence-electron chi connectivity index (χ0n) is 17.3. The predicted octanol–water partition coefficient (Wildman–Crippen LogP) is 1.45. The zero-order valence-corrected chi connectivity index (χ0v) is 17.3. The fourth-order valence-corrected chi connectivity index (χ4v) is 3.10. The number of ether oxygens (including phenoxy) is 2. The molecule has 1 heterocycles. The third-order valence-electron chi connectivity index (χ3n) is 4.78. The Kier molecular flexibility index (Phi) is 7.87. The Bertz CT molecular complexity index is 1090. The lowest BCUT2D eigenvalue weighted by molar-refractivity contribution is -0.0981. The van der Waals surface area contributed by atoms with Crippen LogP contribution in [0.2, 0.25) is 0 Å². The Morgan fingerprint density at radius 1 is 0.939 bits per heavy atom. The first-order valence-corrected chi connectivity index (χ1v) is 9.71. The van der Waals surface area contributed by atoms with Crippen LogP contribution in [-0.2, 0) is 0 Å². The molecule has 0 bridgehead atoms. The van der Waals surface area contributed by atoms with E-state index in [9.17, 15) is 28.5 Å². The maximum atomic E-state index is 13.5. The van der Waals surface area contributed by atoms with Gasteiger partial charge in [-0.3, -0.25) is 0 Å². The summed E-state index contributed by atoms with van der Waals surface area (Å²) in [6, 6.07) is 5.72. The van der Waals surface area contributed by atoms with Crippen molar-refractivity contribution < 1.29 is 43.1 Å². The van der Waals surface area contributed by atoms with Crippen molar-refractivity contribution in [3.05, 3.63) is 48.3 Å². The number of nitrogens with zero attached hydrogens (tertiary/aromatic N) is 2. The molecule has 3 rings (SSSR count). The van der Waals surface area contributed by atoms with Crippen molar-refractivity contribution in [1.82, 2.24) is 9.97 Å². The molecule has 33 heavy (non-hydrogen) atoms. The fourth-order valence-electron chi connectivity index (χ4n) is 3.10. The third-order valence-corrected chi connectivity index (χ3v) is 4.78. The highest BCUT2D eigenvalue weighted by Crippen LogP contribution is 2.36. The predicted molar refractivity (Wildman–Crippen MR) is 111 cm³/mol. The Morgan fingerprint density at radius 2 is 1.64 bits per heavy atom. The molecular formula is C21H22F3N3O6. The molecule has 1 aromatic heterocycles. The SMILES string of the molecule is COc1cc2c(Nc3cc(F)cc(F)c3)ncnc2cc1O[C@H](CO)[C@H](O)[C@@H](O)[C@H](F)CO. The van der Waals surface area contributed by atoms with Crippen molar-refractivity contribution in [2.75, 3.05) is 25.6 Å². The number of hydrogen-bond acceptors (Lipinski definition) is 9. The number of methoxy groups -OCH3 is 1. The molecule has 178 valence electrons. The monoisotopic (exact) mass is 469 g/mol. The van der Waals surface area contributed by atoms with Gasteiger partial charge in [-0.2, -0.15) is 0 Å². The average molecular weight is 469 g/mol. The number of alkyl halides is 1. The van der Waals surface area contributed by atoms with Gasteiger partial charge in [0, 0.05) is 23.2 Å². The molecule has 9 nitrogen and oxygen atoms in total. The highest BCUT2D eigenvalue weighted by molar-refractivity contribution is 5.93. The van der Waals surface area contributed by atoms with Crippen LogP contribution < -0.4 is 14.8 Å². The first kappa shape index (κ1) is 24.5. The number of rotatable bonds is 10. The molecule has 0 aliphatic heterocycles. The lowest BCUT2D eigenvalue weighted by Crippen LogP contribution is -2.48. The van der Waals surface area contributed by atoms with Crippen molar-refractivity contribution >= 4 is 22.4 Å². The van der Waals surface area contributed by atoms with Gasteiger partial charge < -0.3 is 35.2 Å². The minimum atomic E-state index is -2.15. The van der Waals surface area contributed by atoms with Gasteiger partial charge >= 0.3 is 0 Å². The lowest BCUT2D eigenvalue weighted by atomic mass is 10.0. The molecule has 0 aliphatic carbocycles. The van der Waals surface area contributed by atoms with Crippen LogP contribution in [0.4, 0.5) is 24.7 Å². The molecular weight excluding hydrogens is 447 g/mol. The molecule has 0 spiro atoms. The van der Waals surface area contributed by atoms with Crippen molar-refractivity contribution in [3.8, 4) is 11.5 Å². The highest BCUT2D eigenvalue weighted by Gasteiger charge is 2.34. The minimum Gasteiger partial charge on any atom is -0.493 e. The summed E-state index contributed by atoms with van der Waals surface area (Å²) >= 11 is 0. The first-order valence-electron chi connectivity index (χ1n) is 9.71. The summed E-state index contributed by atoms with van der Waals surface area (Å²) in [5.41, 5.74) is 0.402. The highest BCUT2D eigenvalue weighted by atomic mass is 19.1. The van der Waals surface area contributed by atoms with Crippen LogP contribution in [0.25, 0.3) is 10.9 Å². The van der Waals surface area contributed by atoms with Gasteiger partial charge in [-0.25, -0.2) is 23.1 Å². The van der Waals surface area contributed by atoms with E-state index in [0.717, 1.165) is 18.2 Å². The van der Waals surface area contributed by atoms with Crippen LogP contribution in [0.1, 0.15) is 0 Å². The summed E-state index contributed by atoms with van der Waals surface area (Å²) in [5.74, 6) is -1.26. The van der Waals surface area contributed by atoms with E-state index in [-0.39, 0.29) is 23.0 Å². The summed E-state index contributed by atoms with van der Waals surface area (Å²) < 4.78 is 51.4. The van der Waals surface area contributed by atoms with E-state index in [0.29, 0.717) is 10.9 Å². The molecule has 4 atom stereocenters. The molecule has 0 saturated heterocycles. The lowest BCUT2D eigenvalue weighted by Gasteiger charge is -2.28. The largest absolute Gasteiger partial charge is 0.493 e. The number of halogens is 3. The zero-order chi connectivity index (χ0) is 24.1. The Morgan fingerprint density at radius 3 is 2.24 bits per heavy atom. The van der Waals surface area contributed by atoms with E-state index >= 15 is 0 Å². The van der Waals surface area contributed by atoms with Crippen LogP contribution in [-0.4, -0.2) is 75.2 Å². The standard InChI is InChI=1S/C21H22F3N3O6/c1-32-16-5-13-15(6-17(16)33-18(8-29)20(31)19(30)14(24)7-28)25-9-26-21(13)27-12-3-10(22)2-11(23)4-12/h2-6,9,14,18-20,28-31H,7-8H2,1H3,(H,25,26,27)/t14-,18-,19+,20+/m1/s1. The van der Waals surface area contributed by atoms with Crippen molar-refractivity contribution in [2.45, 2.75) is 24.5 Å². The number of fused-ring (bicyclic) bond motifs is 1. The Hall–Kier alpha value is -3.19. The summed E-state index contributed by atoms with van der Waals surface area (Å²) in [4.78, 5) is 8.19. The van der Waals surface area contributed by atoms with E-state index in [1.165, 1.54) is 25.6 Å². The van der Waals surface area contributed by atoms with Gasteiger partial charge in [-0.05, 0) is 18.2 Å². The molecule has 12 heteroatoms. The second-order valence-corrected chi connectivity index (χ2v) is 7.04.